The maximum atomic E-state index is 14.0. The number of aromatic nitrogens is 1. The summed E-state index contributed by atoms with van der Waals surface area (Å²) in [4.78, 5) is 18.4. The van der Waals surface area contributed by atoms with Gasteiger partial charge in [-0.15, -0.1) is 11.3 Å². The molecule has 0 saturated carbocycles. The number of nitrogens with two attached hydrogens (primary N) is 1. The molecule has 124 valence electrons. The van der Waals surface area contributed by atoms with Crippen LogP contribution in [0.2, 0.25) is 0 Å². The lowest BCUT2D eigenvalue weighted by atomic mass is 10.1. The normalized spacial score (nSPS) is 12.3. The molecule has 0 saturated heterocycles. The Hall–Kier alpha value is -2.31. The van der Waals surface area contributed by atoms with Gasteiger partial charge in [0, 0.05) is 23.7 Å². The van der Waals surface area contributed by atoms with Crippen molar-refractivity contribution < 1.29 is 9.18 Å². The Balaban J connectivity index is 1.93. The van der Waals surface area contributed by atoms with E-state index in [9.17, 15) is 9.18 Å². The topological polar surface area (TPSA) is 68.0 Å². The molecule has 3 rings (SSSR count). The maximum absolute atomic E-state index is 14.0. The third-order valence-electron chi connectivity index (χ3n) is 4.07. The Kier molecular flexibility index (Phi) is 4.59. The Bertz CT molecular complexity index is 906. The summed E-state index contributed by atoms with van der Waals surface area (Å²) in [6, 6.07) is 7.69. The van der Waals surface area contributed by atoms with Crippen molar-refractivity contribution in [3.63, 3.8) is 0 Å². The average molecular weight is 343 g/mol. The van der Waals surface area contributed by atoms with Gasteiger partial charge in [-0.3, -0.25) is 4.79 Å². The maximum Gasteiger partial charge on any atom is 0.262 e. The predicted molar refractivity (Wildman–Crippen MR) is 94.8 cm³/mol. The molecule has 1 atom stereocenters. The molecule has 0 fully saturated rings. The number of carbonyl (C=O) groups is 1. The number of hydrogen-bond donors (Lipinski definition) is 2. The molecule has 6 heteroatoms. The third kappa shape index (κ3) is 2.90. The fraction of sp³-hybridized carbons (Fsp3) is 0.222. The van der Waals surface area contributed by atoms with Crippen LogP contribution in [0.1, 0.15) is 32.4 Å². The van der Waals surface area contributed by atoms with E-state index in [1.54, 1.807) is 24.4 Å². The molecular formula is C18H18FN3OS. The molecule has 3 N–H and O–H groups in total. The van der Waals surface area contributed by atoms with E-state index < -0.39 is 6.04 Å². The Morgan fingerprint density at radius 1 is 1.33 bits per heavy atom. The van der Waals surface area contributed by atoms with Gasteiger partial charge in [-0.2, -0.15) is 0 Å². The van der Waals surface area contributed by atoms with E-state index in [0.717, 1.165) is 21.3 Å². The summed E-state index contributed by atoms with van der Waals surface area (Å²) < 4.78 is 14.0. The van der Waals surface area contributed by atoms with Crippen molar-refractivity contribution >= 4 is 27.5 Å². The number of carbonyl (C=O) groups excluding carboxylic acids is 1. The molecule has 1 unspecified atom stereocenters. The van der Waals surface area contributed by atoms with Crippen LogP contribution in [0.4, 0.5) is 4.39 Å². The van der Waals surface area contributed by atoms with Gasteiger partial charge in [-0.25, -0.2) is 9.37 Å². The first-order valence-corrected chi connectivity index (χ1v) is 8.44. The van der Waals surface area contributed by atoms with E-state index >= 15 is 0 Å². The van der Waals surface area contributed by atoms with Gasteiger partial charge >= 0.3 is 0 Å². The Labute approximate surface area is 143 Å². The molecule has 1 aromatic carbocycles. The molecule has 1 amide bonds. The quantitative estimate of drug-likeness (QED) is 0.762. The lowest BCUT2D eigenvalue weighted by molar-refractivity contribution is 0.0941. The molecule has 0 bridgehead atoms. The lowest BCUT2D eigenvalue weighted by Gasteiger charge is -2.17. The summed E-state index contributed by atoms with van der Waals surface area (Å²) >= 11 is 1.34. The third-order valence-corrected chi connectivity index (χ3v) is 5.27. The highest BCUT2D eigenvalue weighted by Gasteiger charge is 2.21. The molecule has 0 radical (unpaired) electrons. The number of hydrogen-bond acceptors (Lipinski definition) is 4. The van der Waals surface area contributed by atoms with Crippen molar-refractivity contribution in [3.05, 3.63) is 63.9 Å². The summed E-state index contributed by atoms with van der Waals surface area (Å²) in [6.45, 7) is 4.02. The summed E-state index contributed by atoms with van der Waals surface area (Å²) in [5, 5.41) is 3.84. The minimum atomic E-state index is -0.572. The van der Waals surface area contributed by atoms with Crippen LogP contribution < -0.4 is 11.1 Å². The van der Waals surface area contributed by atoms with Gasteiger partial charge in [0.05, 0.1) is 10.9 Å². The van der Waals surface area contributed by atoms with Crippen molar-refractivity contribution in [3.8, 4) is 0 Å². The Morgan fingerprint density at radius 3 is 2.75 bits per heavy atom. The first-order valence-electron chi connectivity index (χ1n) is 7.63. The molecule has 0 aliphatic carbocycles. The first-order chi connectivity index (χ1) is 11.5. The first kappa shape index (κ1) is 16.5. The van der Waals surface area contributed by atoms with E-state index in [0.29, 0.717) is 10.4 Å². The van der Waals surface area contributed by atoms with Gasteiger partial charge in [-0.1, -0.05) is 18.2 Å². The highest BCUT2D eigenvalue weighted by Crippen LogP contribution is 2.31. The van der Waals surface area contributed by atoms with Crippen LogP contribution in [0.3, 0.4) is 0 Å². The van der Waals surface area contributed by atoms with E-state index in [1.807, 2.05) is 19.9 Å². The summed E-state index contributed by atoms with van der Waals surface area (Å²) in [5.41, 5.74) is 8.11. The molecule has 0 spiro atoms. The molecule has 2 heterocycles. The number of thiophene rings is 1. The second-order valence-electron chi connectivity index (χ2n) is 5.65. The van der Waals surface area contributed by atoms with Crippen LogP contribution in [0.15, 0.2) is 36.5 Å². The van der Waals surface area contributed by atoms with Gasteiger partial charge < -0.3 is 11.1 Å². The molecule has 0 aliphatic heterocycles. The van der Waals surface area contributed by atoms with Gasteiger partial charge in [0.25, 0.3) is 5.91 Å². The average Bonchev–Trinajstić information content (AvgIpc) is 2.91. The van der Waals surface area contributed by atoms with Gasteiger partial charge in [0.15, 0.2) is 0 Å². The van der Waals surface area contributed by atoms with Crippen molar-refractivity contribution in [2.75, 3.05) is 6.54 Å². The smallest absolute Gasteiger partial charge is 0.262 e. The molecule has 4 nitrogen and oxygen atoms in total. The van der Waals surface area contributed by atoms with Gasteiger partial charge in [-0.05, 0) is 37.1 Å². The number of nitrogens with one attached hydrogen (secondary N) is 1. The van der Waals surface area contributed by atoms with Crippen molar-refractivity contribution in [1.82, 2.24) is 10.3 Å². The Morgan fingerprint density at radius 2 is 2.08 bits per heavy atom. The number of nitrogens with zero attached hydrogens (tertiary/aromatic N) is 1. The van der Waals surface area contributed by atoms with Crippen LogP contribution >= 0.6 is 11.3 Å². The number of rotatable bonds is 4. The van der Waals surface area contributed by atoms with Crippen LogP contribution in [0, 0.1) is 19.7 Å². The number of aryl methyl sites for hydroxylation is 2. The zero-order valence-electron chi connectivity index (χ0n) is 13.5. The van der Waals surface area contributed by atoms with Crippen LogP contribution in [0.25, 0.3) is 10.2 Å². The van der Waals surface area contributed by atoms with Gasteiger partial charge in [0.2, 0.25) is 0 Å². The zero-order valence-corrected chi connectivity index (χ0v) is 14.3. The number of fused-ring (bicyclic) bond motifs is 1. The summed E-state index contributed by atoms with van der Waals surface area (Å²) in [6.07, 6.45) is 1.73. The largest absolute Gasteiger partial charge is 0.343 e. The minimum Gasteiger partial charge on any atom is -0.343 e. The summed E-state index contributed by atoms with van der Waals surface area (Å²) in [7, 11) is 0. The number of halogens is 1. The van der Waals surface area contributed by atoms with Crippen molar-refractivity contribution in [2.45, 2.75) is 19.9 Å². The second kappa shape index (κ2) is 6.67. The fourth-order valence-corrected chi connectivity index (χ4v) is 3.95. The highest BCUT2D eigenvalue weighted by molar-refractivity contribution is 7.20. The van der Waals surface area contributed by atoms with E-state index in [-0.39, 0.29) is 18.3 Å². The van der Waals surface area contributed by atoms with E-state index in [2.05, 4.69) is 10.3 Å². The van der Waals surface area contributed by atoms with Crippen molar-refractivity contribution in [1.29, 1.82) is 0 Å². The molecule has 0 aliphatic rings. The molecule has 24 heavy (non-hydrogen) atoms. The lowest BCUT2D eigenvalue weighted by Crippen LogP contribution is -2.33. The number of pyridine rings is 1. The highest BCUT2D eigenvalue weighted by atomic mass is 32.1. The van der Waals surface area contributed by atoms with Crippen molar-refractivity contribution in [2.24, 2.45) is 5.73 Å². The predicted octanol–water partition coefficient (Wildman–Crippen LogP) is 3.48. The number of amides is 1. The van der Waals surface area contributed by atoms with Crippen LogP contribution in [0.5, 0.6) is 0 Å². The van der Waals surface area contributed by atoms with Gasteiger partial charge in [0.1, 0.15) is 10.6 Å². The van der Waals surface area contributed by atoms with E-state index in [1.165, 1.54) is 17.4 Å². The molecule has 2 aromatic heterocycles. The standard InChI is InChI=1S/C18H18FN3OS/c1-10-7-8-21-18-15(10)11(2)16(24-18)17(23)22-14(9-20)12-5-3-4-6-13(12)19/h3-8,14H,9,20H2,1-2H3,(H,22,23). The second-order valence-corrected chi connectivity index (χ2v) is 6.65. The van der Waals surface area contributed by atoms with Crippen LogP contribution in [-0.2, 0) is 0 Å². The minimum absolute atomic E-state index is 0.119. The molecule has 3 aromatic rings. The fourth-order valence-electron chi connectivity index (χ4n) is 2.82. The SMILES string of the molecule is Cc1ccnc2sc(C(=O)NC(CN)c3ccccc3F)c(C)c12. The zero-order chi connectivity index (χ0) is 17.3. The molecular weight excluding hydrogens is 325 g/mol. The number of benzene rings is 1. The van der Waals surface area contributed by atoms with Crippen LogP contribution in [-0.4, -0.2) is 17.4 Å². The monoisotopic (exact) mass is 343 g/mol. The summed E-state index contributed by atoms with van der Waals surface area (Å²) in [5.74, 6) is -0.632. The van der Waals surface area contributed by atoms with E-state index in [4.69, 9.17) is 5.73 Å².